The van der Waals surface area contributed by atoms with Crippen LogP contribution in [0.5, 0.6) is 0 Å². The van der Waals surface area contributed by atoms with E-state index in [1.807, 2.05) is 0 Å². The van der Waals surface area contributed by atoms with Gasteiger partial charge in [-0.25, -0.2) is 8.78 Å². The van der Waals surface area contributed by atoms with Crippen LogP contribution >= 0.6 is 0 Å². The van der Waals surface area contributed by atoms with E-state index < -0.39 is 17.7 Å². The maximum Gasteiger partial charge on any atom is 0.246 e. The minimum absolute atomic E-state index is 0.132. The lowest BCUT2D eigenvalue weighted by Crippen LogP contribution is -2.38. The number of amides is 2. The molecule has 0 radical (unpaired) electrons. The summed E-state index contributed by atoms with van der Waals surface area (Å²) in [5, 5.41) is 2.92. The number of halogens is 2. The van der Waals surface area contributed by atoms with Crippen LogP contribution in [-0.2, 0) is 16.0 Å². The first kappa shape index (κ1) is 13.6. The Morgan fingerprint density at radius 3 is 2.42 bits per heavy atom. The van der Waals surface area contributed by atoms with Crippen LogP contribution in [0, 0.1) is 11.6 Å². The van der Waals surface area contributed by atoms with Crippen molar-refractivity contribution in [2.75, 3.05) is 13.6 Å². The van der Waals surface area contributed by atoms with E-state index in [-0.39, 0.29) is 18.2 Å². The fourth-order valence-electron chi connectivity index (χ4n) is 2.06. The zero-order valence-corrected chi connectivity index (χ0v) is 10.5. The average Bonchev–Trinajstić information content (AvgIpc) is 2.56. The first-order valence-corrected chi connectivity index (χ1v) is 5.96. The second kappa shape index (κ2) is 5.44. The van der Waals surface area contributed by atoms with Gasteiger partial charge in [-0.3, -0.25) is 14.5 Å². The van der Waals surface area contributed by atoms with Gasteiger partial charge in [-0.15, -0.1) is 0 Å². The van der Waals surface area contributed by atoms with E-state index in [4.69, 9.17) is 0 Å². The van der Waals surface area contributed by atoms with Crippen molar-refractivity contribution in [1.29, 1.82) is 0 Å². The molecule has 1 saturated heterocycles. The highest BCUT2D eigenvalue weighted by atomic mass is 19.1. The number of likely N-dealkylation sites (N-methyl/N-ethyl adjacent to an activating group) is 1. The third-order valence-corrected chi connectivity index (χ3v) is 3.11. The summed E-state index contributed by atoms with van der Waals surface area (Å²) in [7, 11) is 1.44. The first-order valence-electron chi connectivity index (χ1n) is 5.96. The molecule has 6 heteroatoms. The van der Waals surface area contributed by atoms with E-state index in [1.165, 1.54) is 19.2 Å². The lowest BCUT2D eigenvalue weighted by molar-refractivity contribution is -0.137. The minimum atomic E-state index is -0.623. The molecular weight excluding hydrogens is 254 g/mol. The molecule has 1 fully saturated rings. The maximum atomic E-state index is 13.0. The van der Waals surface area contributed by atoms with E-state index in [0.717, 1.165) is 11.0 Å². The van der Waals surface area contributed by atoms with Crippen molar-refractivity contribution in [2.24, 2.45) is 0 Å². The zero-order valence-electron chi connectivity index (χ0n) is 10.5. The van der Waals surface area contributed by atoms with Crippen LogP contribution in [0.2, 0.25) is 0 Å². The Kier molecular flexibility index (Phi) is 3.90. The fourth-order valence-corrected chi connectivity index (χ4v) is 2.06. The molecule has 4 nitrogen and oxygen atoms in total. The van der Waals surface area contributed by atoms with E-state index in [1.54, 1.807) is 0 Å². The van der Waals surface area contributed by atoms with Crippen LogP contribution in [0.15, 0.2) is 18.2 Å². The summed E-state index contributed by atoms with van der Waals surface area (Å²) in [4.78, 5) is 24.0. The summed E-state index contributed by atoms with van der Waals surface area (Å²) in [5.74, 6) is -1.74. The Labute approximate surface area is 109 Å². The molecule has 1 aromatic rings. The minimum Gasteiger partial charge on any atom is -0.305 e. The van der Waals surface area contributed by atoms with Crippen molar-refractivity contribution in [3.63, 3.8) is 0 Å². The molecule has 19 heavy (non-hydrogen) atoms. The molecule has 102 valence electrons. The Morgan fingerprint density at radius 2 is 1.89 bits per heavy atom. The predicted molar refractivity (Wildman–Crippen MR) is 64.2 cm³/mol. The fraction of sp³-hybridized carbons (Fsp3) is 0.385. The van der Waals surface area contributed by atoms with E-state index >= 15 is 0 Å². The number of nitrogens with zero attached hydrogens (tertiary/aromatic N) is 1. The summed E-state index contributed by atoms with van der Waals surface area (Å²) in [5.41, 5.74) is 0.509. The highest BCUT2D eigenvalue weighted by Crippen LogP contribution is 2.11. The molecule has 0 bridgehead atoms. The highest BCUT2D eigenvalue weighted by Gasteiger charge is 2.35. The molecule has 1 atom stereocenters. The molecule has 1 aromatic carbocycles. The summed E-state index contributed by atoms with van der Waals surface area (Å²) >= 11 is 0. The Balaban J connectivity index is 1.87. The van der Waals surface area contributed by atoms with Gasteiger partial charge in [0.1, 0.15) is 11.6 Å². The van der Waals surface area contributed by atoms with Gasteiger partial charge in [-0.1, -0.05) is 0 Å². The molecule has 1 aliphatic heterocycles. The molecular formula is C13H14F2N2O2. The van der Waals surface area contributed by atoms with Crippen LogP contribution in [0.25, 0.3) is 0 Å². The van der Waals surface area contributed by atoms with Gasteiger partial charge >= 0.3 is 0 Å². The van der Waals surface area contributed by atoms with E-state index in [0.29, 0.717) is 18.5 Å². The summed E-state index contributed by atoms with van der Waals surface area (Å²) in [6, 6.07) is 2.78. The van der Waals surface area contributed by atoms with Crippen molar-refractivity contribution in [1.82, 2.24) is 10.2 Å². The molecule has 0 saturated carbocycles. The predicted octanol–water partition coefficient (Wildman–Crippen LogP) is 0.854. The van der Waals surface area contributed by atoms with Gasteiger partial charge in [0.2, 0.25) is 11.8 Å². The first-order chi connectivity index (χ1) is 8.97. The zero-order chi connectivity index (χ0) is 14.0. The van der Waals surface area contributed by atoms with Crippen LogP contribution in [0.1, 0.15) is 12.0 Å². The molecule has 1 unspecified atom stereocenters. The molecule has 2 amide bonds. The van der Waals surface area contributed by atoms with Crippen LogP contribution in [-0.4, -0.2) is 36.3 Å². The Hall–Kier alpha value is -1.82. The second-order valence-corrected chi connectivity index (χ2v) is 4.53. The molecule has 2 rings (SSSR count). The van der Waals surface area contributed by atoms with Crippen molar-refractivity contribution in [3.05, 3.63) is 35.4 Å². The van der Waals surface area contributed by atoms with Gasteiger partial charge in [0.25, 0.3) is 0 Å². The molecule has 0 aromatic heterocycles. The number of nitrogens with one attached hydrogen (secondary N) is 1. The molecule has 0 spiro atoms. The summed E-state index contributed by atoms with van der Waals surface area (Å²) in [6.07, 6.45) is 0.517. The van der Waals surface area contributed by atoms with Crippen LogP contribution < -0.4 is 5.32 Å². The number of imide groups is 1. The number of rotatable bonds is 4. The number of carbonyl (C=O) groups excluding carboxylic acids is 2. The number of hydrogen-bond acceptors (Lipinski definition) is 3. The van der Waals surface area contributed by atoms with Crippen LogP contribution in [0.3, 0.4) is 0 Å². The van der Waals surface area contributed by atoms with Gasteiger partial charge < -0.3 is 5.32 Å². The van der Waals surface area contributed by atoms with Gasteiger partial charge in [0.05, 0.1) is 12.5 Å². The maximum absolute atomic E-state index is 13.0. The second-order valence-electron chi connectivity index (χ2n) is 4.53. The number of benzene rings is 1. The standard InChI is InChI=1S/C13H14F2N2O2/c1-17-12(18)7-11(13(17)19)16-3-2-8-4-9(14)6-10(15)5-8/h4-6,11,16H,2-3,7H2,1H3. The Bertz CT molecular complexity index is 499. The number of likely N-dealkylation sites (tertiary alicyclic amines) is 1. The lowest BCUT2D eigenvalue weighted by Gasteiger charge is -2.11. The topological polar surface area (TPSA) is 49.4 Å². The molecule has 1 N–H and O–H groups in total. The third-order valence-electron chi connectivity index (χ3n) is 3.11. The summed E-state index contributed by atoms with van der Waals surface area (Å²) in [6.45, 7) is 0.375. The van der Waals surface area contributed by atoms with Gasteiger partial charge in [-0.05, 0) is 30.7 Å². The quantitative estimate of drug-likeness (QED) is 0.824. The van der Waals surface area contributed by atoms with E-state index in [2.05, 4.69) is 5.32 Å². The molecule has 1 heterocycles. The average molecular weight is 268 g/mol. The van der Waals surface area contributed by atoms with Crippen molar-refractivity contribution >= 4 is 11.8 Å². The largest absolute Gasteiger partial charge is 0.305 e. The van der Waals surface area contributed by atoms with E-state index in [9.17, 15) is 18.4 Å². The summed E-state index contributed by atoms with van der Waals surface area (Å²) < 4.78 is 25.9. The van der Waals surface area contributed by atoms with Gasteiger partial charge in [-0.2, -0.15) is 0 Å². The smallest absolute Gasteiger partial charge is 0.246 e. The van der Waals surface area contributed by atoms with Crippen molar-refractivity contribution in [2.45, 2.75) is 18.9 Å². The SMILES string of the molecule is CN1C(=O)CC(NCCc2cc(F)cc(F)c2)C1=O. The monoisotopic (exact) mass is 268 g/mol. The Morgan fingerprint density at radius 1 is 1.26 bits per heavy atom. The lowest BCUT2D eigenvalue weighted by atomic mass is 10.1. The van der Waals surface area contributed by atoms with Crippen molar-refractivity contribution < 1.29 is 18.4 Å². The van der Waals surface area contributed by atoms with Crippen LogP contribution in [0.4, 0.5) is 8.78 Å². The third kappa shape index (κ3) is 3.14. The number of carbonyl (C=O) groups is 2. The van der Waals surface area contributed by atoms with Crippen molar-refractivity contribution in [3.8, 4) is 0 Å². The molecule has 1 aliphatic rings. The van der Waals surface area contributed by atoms with Gasteiger partial charge in [0, 0.05) is 13.1 Å². The number of hydrogen-bond donors (Lipinski definition) is 1. The normalized spacial score (nSPS) is 19.3. The molecule has 0 aliphatic carbocycles. The highest BCUT2D eigenvalue weighted by molar-refractivity contribution is 6.05. The van der Waals surface area contributed by atoms with Gasteiger partial charge in [0.15, 0.2) is 0 Å².